The molecule has 1 atom stereocenters. The second kappa shape index (κ2) is 8.60. The van der Waals surface area contributed by atoms with Gasteiger partial charge in [-0.15, -0.1) is 0 Å². The maximum absolute atomic E-state index is 13.7. The van der Waals surface area contributed by atoms with Crippen LogP contribution in [-0.4, -0.2) is 44.4 Å². The van der Waals surface area contributed by atoms with Gasteiger partial charge in [0.15, 0.2) is 0 Å². The van der Waals surface area contributed by atoms with Crippen LogP contribution in [0.3, 0.4) is 0 Å². The number of anilines is 2. The molecule has 0 radical (unpaired) electrons. The summed E-state index contributed by atoms with van der Waals surface area (Å²) in [6.45, 7) is 5.22. The summed E-state index contributed by atoms with van der Waals surface area (Å²) in [6, 6.07) is 3.52. The van der Waals surface area contributed by atoms with Crippen molar-refractivity contribution in [1.29, 1.82) is 0 Å². The van der Waals surface area contributed by atoms with Gasteiger partial charge in [-0.1, -0.05) is 13.8 Å². The molecule has 8 heteroatoms. The Kier molecular flexibility index (Phi) is 6.51. The molecule has 0 spiro atoms. The number of amides is 3. The van der Waals surface area contributed by atoms with Crippen LogP contribution in [-0.2, 0) is 14.3 Å². The van der Waals surface area contributed by atoms with Crippen molar-refractivity contribution < 1.29 is 23.5 Å². The Morgan fingerprint density at radius 3 is 2.75 bits per heavy atom. The Morgan fingerprint density at radius 1 is 1.29 bits per heavy atom. The number of hydrogen-bond donors (Lipinski definition) is 3. The van der Waals surface area contributed by atoms with Gasteiger partial charge in [-0.2, -0.15) is 0 Å². The fraction of sp³-hybridized carbons (Fsp3) is 0.500. The first-order valence-corrected chi connectivity index (χ1v) is 7.80. The van der Waals surface area contributed by atoms with Crippen molar-refractivity contribution in [2.45, 2.75) is 20.0 Å². The van der Waals surface area contributed by atoms with Crippen molar-refractivity contribution in [3.8, 4) is 0 Å². The van der Waals surface area contributed by atoms with E-state index in [0.29, 0.717) is 32.1 Å². The Balaban J connectivity index is 1.89. The maximum atomic E-state index is 13.7. The molecule has 3 N–H and O–H groups in total. The summed E-state index contributed by atoms with van der Waals surface area (Å²) in [7, 11) is 0. The van der Waals surface area contributed by atoms with Gasteiger partial charge in [-0.25, -0.2) is 9.18 Å². The molecule has 0 unspecified atom stereocenters. The number of nitrogens with one attached hydrogen (secondary N) is 3. The monoisotopic (exact) mass is 339 g/mol. The lowest BCUT2D eigenvalue weighted by Gasteiger charge is -2.23. The zero-order valence-electron chi connectivity index (χ0n) is 13.7. The molecule has 1 heterocycles. The van der Waals surface area contributed by atoms with E-state index >= 15 is 0 Å². The van der Waals surface area contributed by atoms with Gasteiger partial charge in [0.05, 0.1) is 31.6 Å². The highest BCUT2D eigenvalue weighted by Gasteiger charge is 2.16. The number of ether oxygens (including phenoxy) is 2. The number of carbonyl (C=O) groups excluding carboxylic acids is 2. The Bertz CT molecular complexity index is 589. The van der Waals surface area contributed by atoms with Crippen LogP contribution >= 0.6 is 0 Å². The fourth-order valence-corrected chi connectivity index (χ4v) is 2.01. The van der Waals surface area contributed by atoms with Crippen molar-refractivity contribution in [2.75, 3.05) is 37.0 Å². The summed E-state index contributed by atoms with van der Waals surface area (Å²) in [5, 5.41) is 7.73. The molecular weight excluding hydrogens is 317 g/mol. The highest BCUT2D eigenvalue weighted by Crippen LogP contribution is 2.20. The SMILES string of the molecule is CC(C)C(=O)Nc1cc(NC(=O)NC[C@@H]2COCCO2)ccc1F. The van der Waals surface area contributed by atoms with E-state index < -0.39 is 11.8 Å². The Labute approximate surface area is 139 Å². The molecule has 1 fully saturated rings. The van der Waals surface area contributed by atoms with Crippen LogP contribution in [0.2, 0.25) is 0 Å². The molecule has 2 rings (SSSR count). The first-order chi connectivity index (χ1) is 11.5. The van der Waals surface area contributed by atoms with E-state index in [1.54, 1.807) is 13.8 Å². The normalized spacial score (nSPS) is 17.4. The van der Waals surface area contributed by atoms with Crippen molar-refractivity contribution in [1.82, 2.24) is 5.32 Å². The van der Waals surface area contributed by atoms with E-state index in [2.05, 4.69) is 16.0 Å². The van der Waals surface area contributed by atoms with Crippen LogP contribution in [0.15, 0.2) is 18.2 Å². The lowest BCUT2D eigenvalue weighted by molar-refractivity contribution is -0.118. The van der Waals surface area contributed by atoms with Crippen LogP contribution in [0.25, 0.3) is 0 Å². The molecule has 3 amide bonds. The molecule has 0 saturated carbocycles. The first-order valence-electron chi connectivity index (χ1n) is 7.80. The number of benzene rings is 1. The molecule has 24 heavy (non-hydrogen) atoms. The number of urea groups is 1. The second-order valence-electron chi connectivity index (χ2n) is 5.74. The van der Waals surface area contributed by atoms with Crippen LogP contribution < -0.4 is 16.0 Å². The molecule has 1 aliphatic heterocycles. The van der Waals surface area contributed by atoms with E-state index in [9.17, 15) is 14.0 Å². The molecule has 1 saturated heterocycles. The van der Waals surface area contributed by atoms with E-state index in [0.717, 1.165) is 0 Å². The molecule has 1 aromatic rings. The predicted molar refractivity (Wildman–Crippen MR) is 87.4 cm³/mol. The van der Waals surface area contributed by atoms with Crippen molar-refractivity contribution >= 4 is 23.3 Å². The van der Waals surface area contributed by atoms with Gasteiger partial charge in [0.2, 0.25) is 5.91 Å². The number of rotatable bonds is 5. The van der Waals surface area contributed by atoms with Gasteiger partial charge in [0, 0.05) is 18.2 Å². The van der Waals surface area contributed by atoms with Gasteiger partial charge in [0.25, 0.3) is 0 Å². The van der Waals surface area contributed by atoms with Crippen LogP contribution in [0, 0.1) is 11.7 Å². The molecule has 0 aromatic heterocycles. The summed E-state index contributed by atoms with van der Waals surface area (Å²) in [4.78, 5) is 23.6. The van der Waals surface area contributed by atoms with E-state index in [1.165, 1.54) is 18.2 Å². The minimum atomic E-state index is -0.567. The minimum Gasteiger partial charge on any atom is -0.376 e. The van der Waals surface area contributed by atoms with Crippen molar-refractivity contribution in [3.05, 3.63) is 24.0 Å². The molecule has 1 aromatic carbocycles. The average Bonchev–Trinajstić information content (AvgIpc) is 2.57. The molecule has 1 aliphatic rings. The minimum absolute atomic E-state index is 0.0236. The zero-order valence-corrected chi connectivity index (χ0v) is 13.7. The molecule has 132 valence electrons. The number of carbonyl (C=O) groups is 2. The van der Waals surface area contributed by atoms with Gasteiger partial charge in [0.1, 0.15) is 5.82 Å². The Morgan fingerprint density at radius 2 is 2.08 bits per heavy atom. The topological polar surface area (TPSA) is 88.7 Å². The summed E-state index contributed by atoms with van der Waals surface area (Å²) in [5.41, 5.74) is 0.393. The third-order valence-electron chi connectivity index (χ3n) is 3.38. The van der Waals surface area contributed by atoms with Crippen LogP contribution in [0.1, 0.15) is 13.8 Å². The first kappa shape index (κ1) is 18.2. The number of halogens is 1. The zero-order chi connectivity index (χ0) is 17.5. The predicted octanol–water partition coefficient (Wildman–Crippen LogP) is 1.96. The fourth-order valence-electron chi connectivity index (χ4n) is 2.01. The summed E-state index contributed by atoms with van der Waals surface area (Å²) in [5.74, 6) is -1.14. The maximum Gasteiger partial charge on any atom is 0.319 e. The quantitative estimate of drug-likeness (QED) is 0.765. The summed E-state index contributed by atoms with van der Waals surface area (Å²) in [6.07, 6.45) is -0.182. The standard InChI is InChI=1S/C16H22FN3O4/c1-10(2)15(21)20-14-7-11(3-4-13(14)17)19-16(22)18-8-12-9-23-5-6-24-12/h3-4,7,10,12H,5-6,8-9H2,1-2H3,(H,20,21)(H2,18,19,22)/t12-/m1/s1. The van der Waals surface area contributed by atoms with Crippen LogP contribution in [0.4, 0.5) is 20.6 Å². The van der Waals surface area contributed by atoms with Crippen molar-refractivity contribution in [3.63, 3.8) is 0 Å². The Hall–Kier alpha value is -2.19. The third kappa shape index (κ3) is 5.47. The van der Waals surface area contributed by atoms with E-state index in [1.807, 2.05) is 0 Å². The van der Waals surface area contributed by atoms with Gasteiger partial charge < -0.3 is 25.4 Å². The lowest BCUT2D eigenvalue weighted by Crippen LogP contribution is -2.41. The molecule has 7 nitrogen and oxygen atoms in total. The smallest absolute Gasteiger partial charge is 0.319 e. The largest absolute Gasteiger partial charge is 0.376 e. The van der Waals surface area contributed by atoms with Gasteiger partial charge in [-0.05, 0) is 18.2 Å². The third-order valence-corrected chi connectivity index (χ3v) is 3.38. The highest BCUT2D eigenvalue weighted by atomic mass is 19.1. The second-order valence-corrected chi connectivity index (χ2v) is 5.74. The summed E-state index contributed by atoms with van der Waals surface area (Å²) >= 11 is 0. The summed E-state index contributed by atoms with van der Waals surface area (Å²) < 4.78 is 24.4. The van der Waals surface area contributed by atoms with Gasteiger partial charge in [-0.3, -0.25) is 4.79 Å². The number of hydrogen-bond acceptors (Lipinski definition) is 4. The molecule has 0 bridgehead atoms. The van der Waals surface area contributed by atoms with Gasteiger partial charge >= 0.3 is 6.03 Å². The van der Waals surface area contributed by atoms with Crippen LogP contribution in [0.5, 0.6) is 0 Å². The average molecular weight is 339 g/mol. The highest BCUT2D eigenvalue weighted by molar-refractivity contribution is 5.94. The van der Waals surface area contributed by atoms with Crippen molar-refractivity contribution in [2.24, 2.45) is 5.92 Å². The molecule has 0 aliphatic carbocycles. The van der Waals surface area contributed by atoms with E-state index in [-0.39, 0.29) is 23.6 Å². The lowest BCUT2D eigenvalue weighted by atomic mass is 10.2. The molecular formula is C16H22FN3O4. The van der Waals surface area contributed by atoms with E-state index in [4.69, 9.17) is 9.47 Å².